The van der Waals surface area contributed by atoms with Gasteiger partial charge in [0.2, 0.25) is 5.78 Å². The first-order chi connectivity index (χ1) is 12.4. The summed E-state index contributed by atoms with van der Waals surface area (Å²) < 4.78 is 1.96. The molecular weight excluding hydrogens is 369 g/mol. The number of aromatic nitrogens is 2. The van der Waals surface area contributed by atoms with Gasteiger partial charge in [0.1, 0.15) is 17.5 Å². The summed E-state index contributed by atoms with van der Waals surface area (Å²) in [4.78, 5) is 17.4. The molecule has 0 aliphatic carbocycles. The lowest BCUT2D eigenvalue weighted by molar-refractivity contribution is 0.104. The molecule has 0 saturated heterocycles. The number of nitrogens with zero attached hydrogens (tertiary/aromatic N) is 3. The molecule has 0 aliphatic rings. The van der Waals surface area contributed by atoms with Gasteiger partial charge >= 0.3 is 0 Å². The van der Waals surface area contributed by atoms with E-state index in [9.17, 15) is 10.1 Å². The standard InChI is InChI=1S/C20H15Cl2N3O/c1-12(2)20-24-16(17-8-3-4-9-25(17)20)10-13(11-23)19(26)18-14(21)6-5-7-15(18)22/h3-10,12H,1-2H3/b13-10+. The molecule has 130 valence electrons. The largest absolute Gasteiger partial charge is 0.303 e. The lowest BCUT2D eigenvalue weighted by Crippen LogP contribution is -2.04. The number of fused-ring (bicyclic) bond motifs is 1. The number of ketones is 1. The van der Waals surface area contributed by atoms with Gasteiger partial charge in [0.05, 0.1) is 26.8 Å². The predicted octanol–water partition coefficient (Wildman–Crippen LogP) is 5.55. The summed E-state index contributed by atoms with van der Waals surface area (Å²) in [6.07, 6.45) is 3.40. The molecule has 1 aromatic carbocycles. The zero-order valence-electron chi connectivity index (χ0n) is 14.2. The van der Waals surface area contributed by atoms with E-state index in [1.165, 1.54) is 6.08 Å². The number of Topliss-reactive ketones (excluding diaryl/α,β-unsaturated/α-hetero) is 1. The number of imidazole rings is 1. The predicted molar refractivity (Wildman–Crippen MR) is 104 cm³/mol. The minimum atomic E-state index is -0.522. The highest BCUT2D eigenvalue weighted by molar-refractivity contribution is 6.41. The van der Waals surface area contributed by atoms with Crippen LogP contribution < -0.4 is 0 Å². The fourth-order valence-corrected chi connectivity index (χ4v) is 3.30. The molecule has 0 radical (unpaired) electrons. The van der Waals surface area contributed by atoms with E-state index in [0.29, 0.717) is 5.69 Å². The number of pyridine rings is 1. The van der Waals surface area contributed by atoms with E-state index in [4.69, 9.17) is 23.2 Å². The number of allylic oxidation sites excluding steroid dienone is 1. The van der Waals surface area contributed by atoms with Gasteiger partial charge < -0.3 is 4.40 Å². The number of benzene rings is 1. The third-order valence-electron chi connectivity index (χ3n) is 3.96. The summed E-state index contributed by atoms with van der Waals surface area (Å²) in [6.45, 7) is 4.07. The Hall–Kier alpha value is -2.61. The summed E-state index contributed by atoms with van der Waals surface area (Å²) in [7, 11) is 0. The summed E-state index contributed by atoms with van der Waals surface area (Å²) in [5, 5.41) is 9.95. The highest BCUT2D eigenvalue weighted by Crippen LogP contribution is 2.28. The highest BCUT2D eigenvalue weighted by Gasteiger charge is 2.20. The minimum absolute atomic E-state index is 0.0702. The van der Waals surface area contributed by atoms with Crippen molar-refractivity contribution in [2.24, 2.45) is 0 Å². The SMILES string of the molecule is CC(C)c1nc(/C=C(\C#N)C(=O)c2c(Cl)cccc2Cl)c2ccccn12. The van der Waals surface area contributed by atoms with Gasteiger partial charge in [-0.05, 0) is 30.3 Å². The highest BCUT2D eigenvalue weighted by atomic mass is 35.5. The second kappa shape index (κ2) is 7.33. The van der Waals surface area contributed by atoms with Crippen molar-refractivity contribution in [3.8, 4) is 6.07 Å². The van der Waals surface area contributed by atoms with Gasteiger partial charge in [-0.25, -0.2) is 4.98 Å². The van der Waals surface area contributed by atoms with E-state index < -0.39 is 5.78 Å². The summed E-state index contributed by atoms with van der Waals surface area (Å²) in [5.41, 5.74) is 1.43. The first-order valence-electron chi connectivity index (χ1n) is 8.01. The van der Waals surface area contributed by atoms with Crippen LogP contribution in [0.1, 0.15) is 41.6 Å². The monoisotopic (exact) mass is 383 g/mol. The zero-order valence-corrected chi connectivity index (χ0v) is 15.7. The number of nitriles is 1. The smallest absolute Gasteiger partial charge is 0.206 e. The van der Waals surface area contributed by atoms with Gasteiger partial charge in [-0.1, -0.05) is 49.2 Å². The van der Waals surface area contributed by atoms with Crippen LogP contribution in [0.25, 0.3) is 11.6 Å². The minimum Gasteiger partial charge on any atom is -0.303 e. The lowest BCUT2D eigenvalue weighted by atomic mass is 10.0. The first kappa shape index (κ1) is 18.2. The number of carbonyl (C=O) groups is 1. The van der Waals surface area contributed by atoms with Gasteiger partial charge in [-0.3, -0.25) is 4.79 Å². The quantitative estimate of drug-likeness (QED) is 0.336. The number of hydrogen-bond acceptors (Lipinski definition) is 3. The molecule has 0 saturated carbocycles. The summed E-state index contributed by atoms with van der Waals surface area (Å²) in [5.74, 6) is 0.518. The maximum absolute atomic E-state index is 12.8. The number of carbonyl (C=O) groups excluding carboxylic acids is 1. The zero-order chi connectivity index (χ0) is 18.8. The van der Waals surface area contributed by atoms with Gasteiger partial charge in [0.25, 0.3) is 0 Å². The van der Waals surface area contributed by atoms with Crippen LogP contribution in [-0.4, -0.2) is 15.2 Å². The number of hydrogen-bond donors (Lipinski definition) is 0. The average molecular weight is 384 g/mol. The van der Waals surface area contributed by atoms with Crippen LogP contribution in [0, 0.1) is 11.3 Å². The van der Waals surface area contributed by atoms with Crippen LogP contribution in [0.2, 0.25) is 10.0 Å². The van der Waals surface area contributed by atoms with Gasteiger partial charge in [0, 0.05) is 12.1 Å². The second-order valence-electron chi connectivity index (χ2n) is 6.06. The van der Waals surface area contributed by atoms with Crippen molar-refractivity contribution in [2.75, 3.05) is 0 Å². The maximum Gasteiger partial charge on any atom is 0.206 e. The van der Waals surface area contributed by atoms with Crippen molar-refractivity contribution < 1.29 is 4.79 Å². The third kappa shape index (κ3) is 3.24. The molecule has 26 heavy (non-hydrogen) atoms. The molecule has 0 amide bonds. The van der Waals surface area contributed by atoms with Crippen LogP contribution in [-0.2, 0) is 0 Å². The average Bonchev–Trinajstić information content (AvgIpc) is 2.98. The van der Waals surface area contributed by atoms with Crippen molar-refractivity contribution in [3.63, 3.8) is 0 Å². The Labute approximate surface area is 161 Å². The fourth-order valence-electron chi connectivity index (χ4n) is 2.73. The Balaban J connectivity index is 2.15. The molecule has 0 bridgehead atoms. The summed E-state index contributed by atoms with van der Waals surface area (Å²) >= 11 is 12.2. The molecule has 0 N–H and O–H groups in total. The molecule has 2 aromatic heterocycles. The van der Waals surface area contributed by atoms with Gasteiger partial charge in [-0.2, -0.15) is 5.26 Å². The molecule has 0 fully saturated rings. The van der Waals surface area contributed by atoms with Crippen molar-refractivity contribution in [1.82, 2.24) is 9.38 Å². The van der Waals surface area contributed by atoms with E-state index in [2.05, 4.69) is 4.98 Å². The fraction of sp³-hybridized carbons (Fsp3) is 0.150. The van der Waals surface area contributed by atoms with Crippen molar-refractivity contribution in [3.05, 3.63) is 75.3 Å². The normalized spacial score (nSPS) is 11.8. The maximum atomic E-state index is 12.8. The molecular formula is C20H15Cl2N3O. The second-order valence-corrected chi connectivity index (χ2v) is 6.88. The van der Waals surface area contributed by atoms with E-state index >= 15 is 0 Å². The Kier molecular flexibility index (Phi) is 5.13. The van der Waals surface area contributed by atoms with E-state index in [1.54, 1.807) is 18.2 Å². The summed E-state index contributed by atoms with van der Waals surface area (Å²) in [6, 6.07) is 12.4. The van der Waals surface area contributed by atoms with Crippen LogP contribution >= 0.6 is 23.2 Å². The van der Waals surface area contributed by atoms with Crippen molar-refractivity contribution in [1.29, 1.82) is 5.26 Å². The Bertz CT molecular complexity index is 1050. The molecule has 3 aromatic rings. The molecule has 0 aliphatic heterocycles. The van der Waals surface area contributed by atoms with Gasteiger partial charge in [0.15, 0.2) is 0 Å². The molecule has 0 unspecified atom stereocenters. The number of rotatable bonds is 4. The van der Waals surface area contributed by atoms with E-state index in [0.717, 1.165) is 11.3 Å². The molecule has 3 rings (SSSR count). The Morgan fingerprint density at radius 3 is 2.50 bits per heavy atom. The van der Waals surface area contributed by atoms with Crippen LogP contribution in [0.5, 0.6) is 0 Å². The third-order valence-corrected chi connectivity index (χ3v) is 4.59. The lowest BCUT2D eigenvalue weighted by Gasteiger charge is -2.04. The van der Waals surface area contributed by atoms with E-state index in [-0.39, 0.29) is 27.1 Å². The van der Waals surface area contributed by atoms with Crippen molar-refractivity contribution >= 4 is 40.6 Å². The topological polar surface area (TPSA) is 58.2 Å². The van der Waals surface area contributed by atoms with Gasteiger partial charge in [-0.15, -0.1) is 0 Å². The molecule has 6 heteroatoms. The Morgan fingerprint density at radius 2 is 1.88 bits per heavy atom. The van der Waals surface area contributed by atoms with Crippen molar-refractivity contribution in [2.45, 2.75) is 19.8 Å². The molecule has 0 atom stereocenters. The molecule has 2 heterocycles. The Morgan fingerprint density at radius 1 is 1.19 bits per heavy atom. The van der Waals surface area contributed by atoms with Crippen LogP contribution in [0.4, 0.5) is 0 Å². The van der Waals surface area contributed by atoms with Crippen LogP contribution in [0.15, 0.2) is 48.2 Å². The molecule has 0 spiro atoms. The first-order valence-corrected chi connectivity index (χ1v) is 8.77. The van der Waals surface area contributed by atoms with Crippen LogP contribution in [0.3, 0.4) is 0 Å². The van der Waals surface area contributed by atoms with E-state index in [1.807, 2.05) is 48.7 Å². The molecule has 4 nitrogen and oxygen atoms in total. The number of halogens is 2.